The third-order valence-corrected chi connectivity index (χ3v) is 5.19. The van der Waals surface area contributed by atoms with Gasteiger partial charge >= 0.3 is 0 Å². The van der Waals surface area contributed by atoms with E-state index in [1.165, 1.54) is 11.3 Å². The van der Waals surface area contributed by atoms with Crippen molar-refractivity contribution in [2.75, 3.05) is 37.7 Å². The van der Waals surface area contributed by atoms with Crippen LogP contribution in [0.1, 0.15) is 18.4 Å². The second kappa shape index (κ2) is 11.5. The second-order valence-electron chi connectivity index (χ2n) is 6.87. The van der Waals surface area contributed by atoms with Crippen molar-refractivity contribution in [1.29, 1.82) is 0 Å². The Labute approximate surface area is 188 Å². The molecule has 1 fully saturated rings. The Kier molecular flexibility index (Phi) is 9.37. The Morgan fingerprint density at radius 2 is 1.76 bits per heavy atom. The molecular weight excluding hydrogens is 433 g/mol. The smallest absolute Gasteiger partial charge is 0.234 e. The number of benzene rings is 2. The number of nitrogens with zero attached hydrogens (tertiary/aromatic N) is 2. The molecule has 2 aromatic carbocycles. The van der Waals surface area contributed by atoms with Crippen LogP contribution in [0.3, 0.4) is 0 Å². The molecule has 0 atom stereocenters. The first-order valence-corrected chi connectivity index (χ1v) is 10.2. The molecule has 0 saturated carbocycles. The molecule has 2 aromatic rings. The lowest BCUT2D eigenvalue weighted by Gasteiger charge is -2.36. The Morgan fingerprint density at radius 3 is 2.41 bits per heavy atom. The standard InChI is InChI=1S/C21H25Cl2N3O2.ClH/c1-16-4-7-18(8-5-16)25-10-12-26(13-11-25)24-21(27)3-2-14-28-20-9-6-17(22)15-19(20)23;/h4-9,15H,2-3,10-14H2,1H3,(H,24,27);1H. The topological polar surface area (TPSA) is 44.8 Å². The monoisotopic (exact) mass is 457 g/mol. The van der Waals surface area contributed by atoms with Crippen molar-refractivity contribution in [3.05, 3.63) is 58.1 Å². The van der Waals surface area contributed by atoms with Crippen molar-refractivity contribution >= 4 is 47.2 Å². The van der Waals surface area contributed by atoms with Gasteiger partial charge in [-0.05, 0) is 43.7 Å². The molecule has 29 heavy (non-hydrogen) atoms. The van der Waals surface area contributed by atoms with Crippen LogP contribution in [-0.4, -0.2) is 43.7 Å². The molecule has 8 heteroatoms. The molecule has 158 valence electrons. The minimum Gasteiger partial charge on any atom is -0.492 e. The van der Waals surface area contributed by atoms with Crippen LogP contribution in [0.4, 0.5) is 5.69 Å². The van der Waals surface area contributed by atoms with Crippen molar-refractivity contribution in [1.82, 2.24) is 10.4 Å². The van der Waals surface area contributed by atoms with Gasteiger partial charge in [0.15, 0.2) is 0 Å². The van der Waals surface area contributed by atoms with Crippen LogP contribution in [0.15, 0.2) is 42.5 Å². The number of hydrogen-bond acceptors (Lipinski definition) is 4. The quantitative estimate of drug-likeness (QED) is 0.609. The number of hydrazine groups is 1. The summed E-state index contributed by atoms with van der Waals surface area (Å²) in [5, 5.41) is 3.03. The van der Waals surface area contributed by atoms with Gasteiger partial charge in [0, 0.05) is 43.3 Å². The fourth-order valence-corrected chi connectivity index (χ4v) is 3.53. The molecule has 0 radical (unpaired) electrons. The van der Waals surface area contributed by atoms with Gasteiger partial charge in [0.25, 0.3) is 0 Å². The van der Waals surface area contributed by atoms with Gasteiger partial charge in [0.1, 0.15) is 5.75 Å². The van der Waals surface area contributed by atoms with E-state index in [9.17, 15) is 4.79 Å². The fourth-order valence-electron chi connectivity index (χ4n) is 3.07. The average molecular weight is 459 g/mol. The molecule has 1 aliphatic heterocycles. The first kappa shape index (κ1) is 23.6. The summed E-state index contributed by atoms with van der Waals surface area (Å²) >= 11 is 11.9. The molecule has 5 nitrogen and oxygen atoms in total. The number of nitrogens with one attached hydrogen (secondary N) is 1. The predicted octanol–water partition coefficient (Wildman–Crippen LogP) is 4.74. The number of piperazine rings is 1. The highest BCUT2D eigenvalue weighted by molar-refractivity contribution is 6.35. The third kappa shape index (κ3) is 7.27. The van der Waals surface area contributed by atoms with Crippen molar-refractivity contribution in [2.45, 2.75) is 19.8 Å². The van der Waals surface area contributed by atoms with E-state index < -0.39 is 0 Å². The van der Waals surface area contributed by atoms with Gasteiger partial charge in [-0.3, -0.25) is 10.2 Å². The molecule has 0 bridgehead atoms. The summed E-state index contributed by atoms with van der Waals surface area (Å²) in [6.07, 6.45) is 1.03. The lowest BCUT2D eigenvalue weighted by Crippen LogP contribution is -2.53. The summed E-state index contributed by atoms with van der Waals surface area (Å²) in [7, 11) is 0. The Morgan fingerprint density at radius 1 is 1.07 bits per heavy atom. The van der Waals surface area contributed by atoms with Crippen molar-refractivity contribution in [3.63, 3.8) is 0 Å². The van der Waals surface area contributed by atoms with Crippen LogP contribution in [0.2, 0.25) is 10.0 Å². The maximum absolute atomic E-state index is 12.2. The Bertz CT molecular complexity index is 794. The first-order chi connectivity index (χ1) is 13.5. The number of amides is 1. The van der Waals surface area contributed by atoms with Gasteiger partial charge in [0.2, 0.25) is 5.91 Å². The highest BCUT2D eigenvalue weighted by Gasteiger charge is 2.18. The molecule has 0 aliphatic carbocycles. The molecule has 0 aromatic heterocycles. The highest BCUT2D eigenvalue weighted by Crippen LogP contribution is 2.27. The normalized spacial score (nSPS) is 14.2. The largest absolute Gasteiger partial charge is 0.492 e. The number of ether oxygens (including phenoxy) is 1. The van der Waals surface area contributed by atoms with E-state index in [0.717, 1.165) is 26.2 Å². The lowest BCUT2D eigenvalue weighted by atomic mass is 10.2. The number of carbonyl (C=O) groups is 1. The molecule has 0 spiro atoms. The number of hydrogen-bond donors (Lipinski definition) is 1. The molecule has 1 heterocycles. The maximum atomic E-state index is 12.2. The lowest BCUT2D eigenvalue weighted by molar-refractivity contribution is -0.126. The van der Waals surface area contributed by atoms with Crippen LogP contribution < -0.4 is 15.1 Å². The van der Waals surface area contributed by atoms with E-state index in [-0.39, 0.29) is 18.3 Å². The van der Waals surface area contributed by atoms with Gasteiger partial charge in [-0.15, -0.1) is 12.4 Å². The third-order valence-electron chi connectivity index (χ3n) is 4.66. The van der Waals surface area contributed by atoms with E-state index >= 15 is 0 Å². The zero-order chi connectivity index (χ0) is 19.9. The molecule has 0 unspecified atom stereocenters. The number of anilines is 1. The second-order valence-corrected chi connectivity index (χ2v) is 7.72. The van der Waals surface area contributed by atoms with E-state index in [4.69, 9.17) is 27.9 Å². The summed E-state index contributed by atoms with van der Waals surface area (Å²) in [6, 6.07) is 13.7. The summed E-state index contributed by atoms with van der Waals surface area (Å²) in [5.74, 6) is 0.591. The Balaban J connectivity index is 0.00000300. The van der Waals surface area contributed by atoms with Gasteiger partial charge < -0.3 is 9.64 Å². The number of rotatable bonds is 7. The molecule has 1 N–H and O–H groups in total. The van der Waals surface area contributed by atoms with Gasteiger partial charge in [-0.2, -0.15) is 0 Å². The van der Waals surface area contributed by atoms with E-state index in [1.807, 2.05) is 5.01 Å². The van der Waals surface area contributed by atoms with Gasteiger partial charge in [0.05, 0.1) is 11.6 Å². The van der Waals surface area contributed by atoms with Crippen molar-refractivity contribution in [2.24, 2.45) is 0 Å². The van der Waals surface area contributed by atoms with Gasteiger partial charge in [-0.25, -0.2) is 5.01 Å². The van der Waals surface area contributed by atoms with Crippen LogP contribution in [-0.2, 0) is 4.79 Å². The molecular formula is C21H26Cl3N3O2. The van der Waals surface area contributed by atoms with E-state index in [0.29, 0.717) is 35.2 Å². The highest BCUT2D eigenvalue weighted by atomic mass is 35.5. The number of aryl methyl sites for hydroxylation is 1. The predicted molar refractivity (Wildman–Crippen MR) is 122 cm³/mol. The zero-order valence-electron chi connectivity index (χ0n) is 16.4. The van der Waals surface area contributed by atoms with Crippen LogP contribution in [0, 0.1) is 6.92 Å². The molecule has 1 amide bonds. The number of carbonyl (C=O) groups excluding carboxylic acids is 1. The SMILES string of the molecule is Cc1ccc(N2CCN(NC(=O)CCCOc3ccc(Cl)cc3Cl)CC2)cc1.Cl. The van der Waals surface area contributed by atoms with Crippen LogP contribution >= 0.6 is 35.6 Å². The minimum atomic E-state index is 0. The first-order valence-electron chi connectivity index (χ1n) is 9.45. The Hall–Kier alpha value is -1.66. The van der Waals surface area contributed by atoms with E-state index in [1.54, 1.807) is 18.2 Å². The molecule has 1 saturated heterocycles. The summed E-state index contributed by atoms with van der Waals surface area (Å²) in [6.45, 7) is 5.90. The van der Waals surface area contributed by atoms with Crippen LogP contribution in [0.25, 0.3) is 0 Å². The zero-order valence-corrected chi connectivity index (χ0v) is 18.7. The van der Waals surface area contributed by atoms with Gasteiger partial charge in [-0.1, -0.05) is 40.9 Å². The van der Waals surface area contributed by atoms with Crippen LogP contribution in [0.5, 0.6) is 5.75 Å². The summed E-state index contributed by atoms with van der Waals surface area (Å²) < 4.78 is 5.61. The van der Waals surface area contributed by atoms with E-state index in [2.05, 4.69) is 41.5 Å². The summed E-state index contributed by atoms with van der Waals surface area (Å²) in [5.41, 5.74) is 5.48. The van der Waals surface area contributed by atoms with Crippen molar-refractivity contribution < 1.29 is 9.53 Å². The minimum absolute atomic E-state index is 0. The number of halogens is 3. The molecule has 3 rings (SSSR count). The molecule has 1 aliphatic rings. The summed E-state index contributed by atoms with van der Waals surface area (Å²) in [4.78, 5) is 14.5. The average Bonchev–Trinajstić information content (AvgIpc) is 2.68. The fraction of sp³-hybridized carbons (Fsp3) is 0.381. The maximum Gasteiger partial charge on any atom is 0.234 e. The van der Waals surface area contributed by atoms with Crippen molar-refractivity contribution in [3.8, 4) is 5.75 Å².